The van der Waals surface area contributed by atoms with E-state index in [1.165, 1.54) is 0 Å². The number of amides is 2. The number of carbonyl (C=O) groups is 2. The lowest BCUT2D eigenvalue weighted by Gasteiger charge is -2.09. The smallest absolute Gasteiger partial charge is 0.228 e. The van der Waals surface area contributed by atoms with Gasteiger partial charge in [-0.15, -0.1) is 0 Å². The number of hydrogen-bond acceptors (Lipinski definition) is 10. The molecule has 7 aromatic rings. The van der Waals surface area contributed by atoms with Crippen LogP contribution in [0, 0.1) is 0 Å². The molecule has 0 atom stereocenters. The second-order valence-electron chi connectivity index (χ2n) is 13.3. The maximum Gasteiger partial charge on any atom is 0.228 e. The molecule has 294 valence electrons. The molecule has 0 unspecified atom stereocenters. The van der Waals surface area contributed by atoms with Gasteiger partial charge in [-0.2, -0.15) is 0 Å². The summed E-state index contributed by atoms with van der Waals surface area (Å²) in [4.78, 5) is 26.5. The van der Waals surface area contributed by atoms with Crippen molar-refractivity contribution in [3.63, 3.8) is 0 Å². The predicted molar refractivity (Wildman–Crippen MR) is 219 cm³/mol. The normalized spacial score (nSPS) is 10.8. The fourth-order valence-electron chi connectivity index (χ4n) is 6.49. The lowest BCUT2D eigenvalue weighted by molar-refractivity contribution is -0.121. The standard InChI is InChI=1S/C46H42N4O8/c1-53-35-17-9-31(10-18-35)43-39(57-49-45(43)33-13-21-37(55-3)22-14-33)25-41(51)47-27-29-5-7-30(8-6-29)28-48-42(52)26-40-44(32-11-19-36(54-2)20-12-32)46(50-58-40)34-15-23-38(56-4)24-16-34/h5-24H,25-28H2,1-4H3,(H,47,51)(H,48,52). The molecular weight excluding hydrogens is 737 g/mol. The number of carbonyl (C=O) groups excluding carboxylic acids is 2. The average molecular weight is 779 g/mol. The molecule has 0 fully saturated rings. The van der Waals surface area contributed by atoms with Crippen LogP contribution in [-0.4, -0.2) is 50.6 Å². The Morgan fingerprint density at radius 1 is 0.448 bits per heavy atom. The molecule has 0 radical (unpaired) electrons. The van der Waals surface area contributed by atoms with Crippen LogP contribution < -0.4 is 29.6 Å². The van der Waals surface area contributed by atoms with Gasteiger partial charge in [0.15, 0.2) is 11.5 Å². The van der Waals surface area contributed by atoms with Crippen molar-refractivity contribution < 1.29 is 37.6 Å². The molecular formula is C46H42N4O8. The highest BCUT2D eigenvalue weighted by atomic mass is 16.5. The van der Waals surface area contributed by atoms with Gasteiger partial charge in [0.05, 0.1) is 52.4 Å². The van der Waals surface area contributed by atoms with Crippen molar-refractivity contribution in [2.24, 2.45) is 0 Å². The zero-order valence-electron chi connectivity index (χ0n) is 32.5. The SMILES string of the molecule is COc1ccc(-c2noc(CC(=O)NCc3ccc(CNC(=O)Cc4onc(-c5ccc(OC)cc5)c4-c4ccc(OC)cc4)cc3)c2-c2ccc(OC)cc2)cc1. The summed E-state index contributed by atoms with van der Waals surface area (Å²) >= 11 is 0. The van der Waals surface area contributed by atoms with Gasteiger partial charge in [-0.3, -0.25) is 9.59 Å². The number of ether oxygens (including phenoxy) is 4. The first-order valence-corrected chi connectivity index (χ1v) is 18.5. The summed E-state index contributed by atoms with van der Waals surface area (Å²) in [6.45, 7) is 0.609. The first kappa shape index (κ1) is 38.9. The molecule has 0 spiro atoms. The van der Waals surface area contributed by atoms with E-state index >= 15 is 0 Å². The van der Waals surface area contributed by atoms with E-state index in [1.54, 1.807) is 28.4 Å². The van der Waals surface area contributed by atoms with Gasteiger partial charge >= 0.3 is 0 Å². The van der Waals surface area contributed by atoms with E-state index in [1.807, 2.05) is 121 Å². The molecule has 2 N–H and O–H groups in total. The number of rotatable bonds is 16. The third kappa shape index (κ3) is 9.03. The summed E-state index contributed by atoms with van der Waals surface area (Å²) in [6, 6.07) is 37.8. The van der Waals surface area contributed by atoms with Crippen LogP contribution in [-0.2, 0) is 35.5 Å². The minimum absolute atomic E-state index is 0.0123. The van der Waals surface area contributed by atoms with Crippen LogP contribution in [0.5, 0.6) is 23.0 Å². The lowest BCUT2D eigenvalue weighted by atomic mass is 9.97. The van der Waals surface area contributed by atoms with Gasteiger partial charge in [-0.05, 0) is 95.1 Å². The van der Waals surface area contributed by atoms with Crippen molar-refractivity contribution in [1.29, 1.82) is 0 Å². The number of nitrogens with zero attached hydrogens (tertiary/aromatic N) is 2. The van der Waals surface area contributed by atoms with Crippen LogP contribution in [0.15, 0.2) is 130 Å². The quantitative estimate of drug-likeness (QED) is 0.0987. The molecule has 7 rings (SSSR count). The Labute approximate surface area is 335 Å². The Kier molecular flexibility index (Phi) is 12.1. The van der Waals surface area contributed by atoms with Crippen molar-refractivity contribution in [3.8, 4) is 67.8 Å². The maximum absolute atomic E-state index is 13.2. The first-order valence-electron chi connectivity index (χ1n) is 18.5. The number of methoxy groups -OCH3 is 4. The van der Waals surface area contributed by atoms with Crippen LogP contribution >= 0.6 is 0 Å². The maximum atomic E-state index is 13.2. The Morgan fingerprint density at radius 2 is 0.741 bits per heavy atom. The molecule has 58 heavy (non-hydrogen) atoms. The van der Waals surface area contributed by atoms with Crippen molar-refractivity contribution in [1.82, 2.24) is 20.9 Å². The van der Waals surface area contributed by atoms with Crippen LogP contribution in [0.2, 0.25) is 0 Å². The lowest BCUT2D eigenvalue weighted by Crippen LogP contribution is -2.25. The van der Waals surface area contributed by atoms with Crippen molar-refractivity contribution in [2.75, 3.05) is 28.4 Å². The van der Waals surface area contributed by atoms with Crippen molar-refractivity contribution >= 4 is 11.8 Å². The van der Waals surface area contributed by atoms with Crippen LogP contribution in [0.1, 0.15) is 22.6 Å². The first-order chi connectivity index (χ1) is 28.3. The molecule has 2 heterocycles. The summed E-state index contributed by atoms with van der Waals surface area (Å²) in [7, 11) is 6.45. The third-order valence-electron chi connectivity index (χ3n) is 9.65. The minimum Gasteiger partial charge on any atom is -0.497 e. The van der Waals surface area contributed by atoms with Gasteiger partial charge in [-0.1, -0.05) is 58.8 Å². The van der Waals surface area contributed by atoms with E-state index in [4.69, 9.17) is 28.0 Å². The summed E-state index contributed by atoms with van der Waals surface area (Å²) in [6.07, 6.45) is -0.0246. The second kappa shape index (κ2) is 18.1. The Bertz CT molecular complexity index is 2280. The molecule has 0 bridgehead atoms. The van der Waals surface area contributed by atoms with Gasteiger partial charge in [0, 0.05) is 24.2 Å². The Morgan fingerprint density at radius 3 is 1.03 bits per heavy atom. The Balaban J connectivity index is 0.973. The number of aromatic nitrogens is 2. The van der Waals surface area contributed by atoms with Crippen molar-refractivity contribution in [2.45, 2.75) is 25.9 Å². The monoisotopic (exact) mass is 778 g/mol. The molecule has 0 aliphatic heterocycles. The highest BCUT2D eigenvalue weighted by Gasteiger charge is 2.23. The molecule has 5 aromatic carbocycles. The van der Waals surface area contributed by atoms with E-state index in [-0.39, 0.29) is 24.7 Å². The van der Waals surface area contributed by atoms with Gasteiger partial charge in [0.2, 0.25) is 11.8 Å². The highest BCUT2D eigenvalue weighted by molar-refractivity contribution is 5.88. The summed E-state index contributed by atoms with van der Waals surface area (Å²) < 4.78 is 32.9. The number of hydrogen-bond donors (Lipinski definition) is 2. The van der Waals surface area contributed by atoms with Gasteiger partial charge in [0.1, 0.15) is 34.4 Å². The molecule has 12 nitrogen and oxygen atoms in total. The molecule has 2 aromatic heterocycles. The molecule has 2 amide bonds. The van der Waals surface area contributed by atoms with Gasteiger partial charge in [0.25, 0.3) is 0 Å². The molecule has 0 aliphatic rings. The average Bonchev–Trinajstić information content (AvgIpc) is 3.89. The number of nitrogens with one attached hydrogen (secondary N) is 2. The van der Waals surface area contributed by atoms with Crippen LogP contribution in [0.3, 0.4) is 0 Å². The highest BCUT2D eigenvalue weighted by Crippen LogP contribution is 2.38. The zero-order chi connectivity index (χ0) is 40.4. The molecule has 0 aliphatic carbocycles. The van der Waals surface area contributed by atoms with E-state index in [0.717, 1.165) is 56.0 Å². The van der Waals surface area contributed by atoms with Crippen molar-refractivity contribution in [3.05, 3.63) is 144 Å². The molecule has 12 heteroatoms. The van der Waals surface area contributed by atoms with Crippen LogP contribution in [0.25, 0.3) is 44.8 Å². The zero-order valence-corrected chi connectivity index (χ0v) is 32.5. The fraction of sp³-hybridized carbons (Fsp3) is 0.174. The van der Waals surface area contributed by atoms with Gasteiger partial charge < -0.3 is 38.6 Å². The molecule has 0 saturated heterocycles. The largest absolute Gasteiger partial charge is 0.497 e. The van der Waals surface area contributed by atoms with Gasteiger partial charge in [-0.25, -0.2) is 0 Å². The summed E-state index contributed by atoms with van der Waals surface area (Å²) in [5, 5.41) is 14.7. The topological polar surface area (TPSA) is 147 Å². The minimum atomic E-state index is -0.222. The van der Waals surface area contributed by atoms with E-state index < -0.39 is 0 Å². The van der Waals surface area contributed by atoms with E-state index in [0.29, 0.717) is 47.5 Å². The fourth-order valence-corrected chi connectivity index (χ4v) is 6.49. The summed E-state index contributed by atoms with van der Waals surface area (Å²) in [5.74, 6) is 3.31. The van der Waals surface area contributed by atoms with Crippen LogP contribution in [0.4, 0.5) is 0 Å². The predicted octanol–water partition coefficient (Wildman–Crippen LogP) is 8.08. The molecule has 0 saturated carbocycles. The van der Waals surface area contributed by atoms with E-state index in [9.17, 15) is 9.59 Å². The van der Waals surface area contributed by atoms with E-state index in [2.05, 4.69) is 20.9 Å². The summed E-state index contributed by atoms with van der Waals surface area (Å²) in [5.41, 5.74) is 7.83. The Hall–Kier alpha value is -7.34. The third-order valence-corrected chi connectivity index (χ3v) is 9.65. The number of benzene rings is 5. The second-order valence-corrected chi connectivity index (χ2v) is 13.3.